The molecule has 1 aliphatic rings. The van der Waals surface area contributed by atoms with Gasteiger partial charge in [-0.15, -0.1) is 0 Å². The Kier molecular flexibility index (Phi) is 5.95. The molecule has 1 aromatic rings. The van der Waals surface area contributed by atoms with Crippen LogP contribution in [0.2, 0.25) is 0 Å². The van der Waals surface area contributed by atoms with Crippen molar-refractivity contribution in [2.45, 2.75) is 32.7 Å². The lowest BCUT2D eigenvalue weighted by molar-refractivity contribution is -0.142. The molecule has 7 nitrogen and oxygen atoms in total. The number of halogens is 1. The van der Waals surface area contributed by atoms with E-state index in [2.05, 4.69) is 26.2 Å². The number of rotatable bonds is 4. The molecule has 3 amide bonds. The van der Waals surface area contributed by atoms with Gasteiger partial charge >= 0.3 is 6.03 Å². The van der Waals surface area contributed by atoms with E-state index < -0.39 is 6.04 Å². The van der Waals surface area contributed by atoms with Gasteiger partial charge in [0.25, 0.3) is 5.91 Å². The van der Waals surface area contributed by atoms with Crippen molar-refractivity contribution < 1.29 is 9.59 Å². The second-order valence-corrected chi connectivity index (χ2v) is 6.56. The normalized spacial score (nSPS) is 17.0. The number of carbonyl (C=O) groups excluding carboxylic acids is 2. The number of carbonyl (C=O) groups is 2. The van der Waals surface area contributed by atoms with E-state index in [1.807, 2.05) is 13.8 Å². The van der Waals surface area contributed by atoms with Crippen LogP contribution < -0.4 is 11.1 Å². The average Bonchev–Trinajstić information content (AvgIpc) is 3.04. The summed E-state index contributed by atoms with van der Waals surface area (Å²) in [4.78, 5) is 29.0. The molecule has 1 aromatic heterocycles. The van der Waals surface area contributed by atoms with Gasteiger partial charge in [-0.05, 0) is 40.4 Å². The molecule has 0 spiro atoms. The SMILES string of the molecule is CCC(C)C(N)C(=O)N1CCCN1C(=O)Nc1ccc(Br)cn1. The molecule has 126 valence electrons. The Balaban J connectivity index is 2.04. The Morgan fingerprint density at radius 1 is 1.39 bits per heavy atom. The number of nitrogens with two attached hydrogens (primary N) is 1. The standard InChI is InChI=1S/C15H22BrN5O2/c1-3-10(2)13(17)14(22)20-7-4-8-21(20)15(23)19-12-6-5-11(16)9-18-12/h5-6,9-10,13H,3-4,7-8,17H2,1-2H3,(H,18,19,23). The molecule has 1 saturated heterocycles. The number of urea groups is 1. The second kappa shape index (κ2) is 7.74. The topological polar surface area (TPSA) is 91.6 Å². The Bertz CT molecular complexity index is 565. The van der Waals surface area contributed by atoms with Crippen molar-refractivity contribution in [2.75, 3.05) is 18.4 Å². The molecule has 0 bridgehead atoms. The summed E-state index contributed by atoms with van der Waals surface area (Å²) in [5.74, 6) is 0.292. The molecule has 1 fully saturated rings. The number of nitrogens with one attached hydrogen (secondary N) is 1. The predicted molar refractivity (Wildman–Crippen MR) is 91.4 cm³/mol. The van der Waals surface area contributed by atoms with Crippen LogP contribution in [0.25, 0.3) is 0 Å². The van der Waals surface area contributed by atoms with Gasteiger partial charge < -0.3 is 5.73 Å². The summed E-state index contributed by atoms with van der Waals surface area (Å²) in [6.07, 6.45) is 3.15. The van der Waals surface area contributed by atoms with Gasteiger partial charge in [-0.3, -0.25) is 10.1 Å². The molecule has 8 heteroatoms. The summed E-state index contributed by atoms with van der Waals surface area (Å²) in [5.41, 5.74) is 6.02. The maximum atomic E-state index is 12.5. The number of hydrogen-bond donors (Lipinski definition) is 2. The number of anilines is 1. The van der Waals surface area contributed by atoms with Crippen molar-refractivity contribution in [3.05, 3.63) is 22.8 Å². The highest BCUT2D eigenvalue weighted by atomic mass is 79.9. The second-order valence-electron chi connectivity index (χ2n) is 5.64. The maximum absolute atomic E-state index is 12.5. The Morgan fingerprint density at radius 3 is 2.70 bits per heavy atom. The van der Waals surface area contributed by atoms with E-state index in [0.29, 0.717) is 18.9 Å². The van der Waals surface area contributed by atoms with Gasteiger partial charge in [-0.1, -0.05) is 20.3 Å². The minimum Gasteiger partial charge on any atom is -0.320 e. The molecule has 23 heavy (non-hydrogen) atoms. The molecule has 2 atom stereocenters. The van der Waals surface area contributed by atoms with Gasteiger partial charge in [0.05, 0.1) is 6.04 Å². The summed E-state index contributed by atoms with van der Waals surface area (Å²) in [6.45, 7) is 4.92. The van der Waals surface area contributed by atoms with Crippen molar-refractivity contribution in [2.24, 2.45) is 11.7 Å². The molecule has 0 radical (unpaired) electrons. The highest BCUT2D eigenvalue weighted by Crippen LogP contribution is 2.17. The summed E-state index contributed by atoms with van der Waals surface area (Å²) in [6, 6.07) is 2.50. The van der Waals surface area contributed by atoms with E-state index >= 15 is 0 Å². The maximum Gasteiger partial charge on any atom is 0.341 e. The van der Waals surface area contributed by atoms with E-state index in [4.69, 9.17) is 5.73 Å². The minimum atomic E-state index is -0.598. The van der Waals surface area contributed by atoms with Crippen molar-refractivity contribution in [1.29, 1.82) is 0 Å². The van der Waals surface area contributed by atoms with E-state index in [9.17, 15) is 9.59 Å². The third-order valence-corrected chi connectivity index (χ3v) is 4.49. The van der Waals surface area contributed by atoms with Gasteiger partial charge in [0.15, 0.2) is 0 Å². The van der Waals surface area contributed by atoms with Gasteiger partial charge in [-0.2, -0.15) is 0 Å². The average molecular weight is 384 g/mol. The van der Waals surface area contributed by atoms with Gasteiger partial charge in [-0.25, -0.2) is 19.8 Å². The highest BCUT2D eigenvalue weighted by Gasteiger charge is 2.34. The number of hydrogen-bond acceptors (Lipinski definition) is 4. The van der Waals surface area contributed by atoms with Gasteiger partial charge in [0.1, 0.15) is 5.82 Å². The molecule has 2 heterocycles. The largest absolute Gasteiger partial charge is 0.341 e. The van der Waals surface area contributed by atoms with Crippen molar-refractivity contribution in [1.82, 2.24) is 15.0 Å². The summed E-state index contributed by atoms with van der Waals surface area (Å²) in [5, 5.41) is 5.56. The first kappa shape index (κ1) is 17.7. The first-order valence-corrected chi connectivity index (χ1v) is 8.50. The van der Waals surface area contributed by atoms with Crippen LogP contribution in [0.15, 0.2) is 22.8 Å². The van der Waals surface area contributed by atoms with E-state index in [-0.39, 0.29) is 17.9 Å². The van der Waals surface area contributed by atoms with Crippen molar-refractivity contribution >= 4 is 33.7 Å². The fourth-order valence-electron chi connectivity index (χ4n) is 2.35. The predicted octanol–water partition coefficient (Wildman–Crippen LogP) is 2.20. The lowest BCUT2D eigenvalue weighted by atomic mass is 9.99. The van der Waals surface area contributed by atoms with Crippen LogP contribution in [-0.2, 0) is 4.79 Å². The fourth-order valence-corrected chi connectivity index (χ4v) is 2.58. The van der Waals surface area contributed by atoms with E-state index in [1.54, 1.807) is 18.3 Å². The van der Waals surface area contributed by atoms with Crippen molar-refractivity contribution in [3.63, 3.8) is 0 Å². The van der Waals surface area contributed by atoms with Crippen LogP contribution in [0, 0.1) is 5.92 Å². The summed E-state index contributed by atoms with van der Waals surface area (Å²) >= 11 is 3.29. The zero-order valence-electron chi connectivity index (χ0n) is 13.3. The van der Waals surface area contributed by atoms with Crippen LogP contribution in [0.3, 0.4) is 0 Å². The number of nitrogens with zero attached hydrogens (tertiary/aromatic N) is 3. The van der Waals surface area contributed by atoms with Crippen molar-refractivity contribution in [3.8, 4) is 0 Å². The van der Waals surface area contributed by atoms with Crippen LogP contribution in [0.4, 0.5) is 10.6 Å². The zero-order valence-corrected chi connectivity index (χ0v) is 14.9. The van der Waals surface area contributed by atoms with Crippen LogP contribution >= 0.6 is 15.9 Å². The lowest BCUT2D eigenvalue weighted by Crippen LogP contribution is -2.53. The quantitative estimate of drug-likeness (QED) is 0.833. The first-order valence-electron chi connectivity index (χ1n) is 7.71. The molecule has 0 aliphatic carbocycles. The third kappa shape index (κ3) is 4.20. The minimum absolute atomic E-state index is 0.0705. The molecule has 2 rings (SSSR count). The molecular formula is C15H22BrN5O2. The number of pyridine rings is 1. The number of hydrazine groups is 1. The summed E-state index contributed by atoms with van der Waals surface area (Å²) in [7, 11) is 0. The molecule has 0 saturated carbocycles. The monoisotopic (exact) mass is 383 g/mol. The zero-order chi connectivity index (χ0) is 17.0. The number of amides is 3. The molecule has 2 unspecified atom stereocenters. The molecular weight excluding hydrogens is 362 g/mol. The van der Waals surface area contributed by atoms with E-state index in [0.717, 1.165) is 17.3 Å². The summed E-state index contributed by atoms with van der Waals surface area (Å²) < 4.78 is 0.827. The molecule has 3 N–H and O–H groups in total. The third-order valence-electron chi connectivity index (χ3n) is 4.02. The van der Waals surface area contributed by atoms with Crippen LogP contribution in [0.1, 0.15) is 26.7 Å². The lowest BCUT2D eigenvalue weighted by Gasteiger charge is -2.31. The Morgan fingerprint density at radius 2 is 2.09 bits per heavy atom. The Hall–Kier alpha value is -1.67. The van der Waals surface area contributed by atoms with Crippen LogP contribution in [0.5, 0.6) is 0 Å². The number of aromatic nitrogens is 1. The highest BCUT2D eigenvalue weighted by molar-refractivity contribution is 9.10. The van der Waals surface area contributed by atoms with Gasteiger partial charge in [0, 0.05) is 23.8 Å². The van der Waals surface area contributed by atoms with E-state index in [1.165, 1.54) is 10.0 Å². The molecule has 1 aliphatic heterocycles. The van der Waals surface area contributed by atoms with Crippen LogP contribution in [-0.4, -0.2) is 46.1 Å². The van der Waals surface area contributed by atoms with Gasteiger partial charge in [0.2, 0.25) is 0 Å². The smallest absolute Gasteiger partial charge is 0.320 e. The molecule has 0 aromatic carbocycles. The Labute approximate surface area is 144 Å². The first-order chi connectivity index (χ1) is 10.9. The fraction of sp³-hybridized carbons (Fsp3) is 0.533.